The average molecular weight is 420 g/mol. The Balaban J connectivity index is 1.88. The number of carbonyl (C=O) groups is 3. The molecule has 0 amide bonds. The van der Waals surface area contributed by atoms with Crippen molar-refractivity contribution in [2.24, 2.45) is 0 Å². The lowest BCUT2D eigenvalue weighted by molar-refractivity contribution is -0.160. The van der Waals surface area contributed by atoms with Crippen LogP contribution in [0.15, 0.2) is 78.9 Å². The van der Waals surface area contributed by atoms with Crippen molar-refractivity contribution in [3.63, 3.8) is 0 Å². The molecule has 2 rings (SSSR count). The van der Waals surface area contributed by atoms with Crippen molar-refractivity contribution in [1.29, 1.82) is 0 Å². The fourth-order valence-electron chi connectivity index (χ4n) is 2.33. The van der Waals surface area contributed by atoms with Gasteiger partial charge in [-0.2, -0.15) is 0 Å². The molecule has 0 N–H and O–H groups in total. The second-order valence-electron chi connectivity index (χ2n) is 6.80. The molecule has 0 unspecified atom stereocenters. The monoisotopic (exact) mass is 420 g/mol. The van der Waals surface area contributed by atoms with Crippen LogP contribution < -0.4 is 0 Å². The highest BCUT2D eigenvalue weighted by molar-refractivity contribution is 5.88. The number of hydrogen-bond acceptors (Lipinski definition) is 6. The molecular formula is C25H24O6. The first kappa shape index (κ1) is 23.3. The van der Waals surface area contributed by atoms with Gasteiger partial charge in [-0.05, 0) is 42.2 Å². The molecule has 31 heavy (non-hydrogen) atoms. The summed E-state index contributed by atoms with van der Waals surface area (Å²) in [6, 6.07) is 15.3. The summed E-state index contributed by atoms with van der Waals surface area (Å²) in [6.45, 7) is 9.82. The molecule has 2 aromatic rings. The van der Waals surface area contributed by atoms with E-state index in [2.05, 4.69) is 13.2 Å². The first-order valence-electron chi connectivity index (χ1n) is 9.45. The maximum Gasteiger partial charge on any atom is 0.335 e. The van der Waals surface area contributed by atoms with Gasteiger partial charge >= 0.3 is 17.9 Å². The van der Waals surface area contributed by atoms with Crippen molar-refractivity contribution in [2.75, 3.05) is 6.79 Å². The molecule has 0 spiro atoms. The maximum atomic E-state index is 11.7. The molecule has 0 saturated heterocycles. The van der Waals surface area contributed by atoms with Gasteiger partial charge in [0.25, 0.3) is 0 Å². The molecule has 0 aliphatic heterocycles. The van der Waals surface area contributed by atoms with Crippen LogP contribution in [0.25, 0.3) is 17.2 Å². The van der Waals surface area contributed by atoms with Crippen molar-refractivity contribution in [2.45, 2.75) is 20.5 Å². The van der Waals surface area contributed by atoms with E-state index in [1.165, 1.54) is 13.0 Å². The van der Waals surface area contributed by atoms with E-state index in [1.54, 1.807) is 13.0 Å². The number of hydrogen-bond donors (Lipinski definition) is 0. The Labute approximate surface area is 181 Å². The quantitative estimate of drug-likeness (QED) is 0.335. The van der Waals surface area contributed by atoms with Gasteiger partial charge in [-0.15, -0.1) is 0 Å². The van der Waals surface area contributed by atoms with Crippen molar-refractivity contribution >= 4 is 24.0 Å². The number of rotatable bonds is 9. The molecule has 2 aromatic carbocycles. The van der Waals surface area contributed by atoms with Gasteiger partial charge in [0, 0.05) is 17.2 Å². The minimum Gasteiger partial charge on any atom is -0.457 e. The van der Waals surface area contributed by atoms with Gasteiger partial charge in [-0.25, -0.2) is 14.4 Å². The fourth-order valence-corrected chi connectivity index (χ4v) is 2.33. The van der Waals surface area contributed by atoms with Crippen LogP contribution in [0.3, 0.4) is 0 Å². The van der Waals surface area contributed by atoms with Crippen LogP contribution in [0.1, 0.15) is 25.0 Å². The minimum atomic E-state index is -0.624. The summed E-state index contributed by atoms with van der Waals surface area (Å²) < 4.78 is 14.6. The van der Waals surface area contributed by atoms with Crippen molar-refractivity contribution in [3.8, 4) is 11.1 Å². The topological polar surface area (TPSA) is 78.9 Å². The molecule has 160 valence electrons. The summed E-state index contributed by atoms with van der Waals surface area (Å²) in [5.41, 5.74) is 4.28. The normalized spacial score (nSPS) is 10.4. The van der Waals surface area contributed by atoms with Crippen LogP contribution in [-0.2, 0) is 35.2 Å². The predicted molar refractivity (Wildman–Crippen MR) is 117 cm³/mol. The zero-order valence-corrected chi connectivity index (χ0v) is 17.6. The van der Waals surface area contributed by atoms with E-state index in [4.69, 9.17) is 14.2 Å². The van der Waals surface area contributed by atoms with Gasteiger partial charge in [0.05, 0.1) is 0 Å². The lowest BCUT2D eigenvalue weighted by Gasteiger charge is -2.07. The van der Waals surface area contributed by atoms with E-state index in [0.29, 0.717) is 5.57 Å². The Kier molecular flexibility index (Phi) is 8.52. The largest absolute Gasteiger partial charge is 0.457 e. The first-order valence-corrected chi connectivity index (χ1v) is 9.45. The Bertz CT molecular complexity index is 997. The zero-order chi connectivity index (χ0) is 22.8. The Morgan fingerprint density at radius 1 is 0.774 bits per heavy atom. The van der Waals surface area contributed by atoms with Gasteiger partial charge in [-0.3, -0.25) is 0 Å². The average Bonchev–Trinajstić information content (AvgIpc) is 2.76. The molecule has 0 saturated carbocycles. The van der Waals surface area contributed by atoms with Gasteiger partial charge in [0.15, 0.2) is 0 Å². The lowest BCUT2D eigenvalue weighted by Crippen LogP contribution is -2.11. The number of esters is 3. The number of benzene rings is 2. The van der Waals surface area contributed by atoms with Gasteiger partial charge in [0.2, 0.25) is 6.79 Å². The third-order valence-electron chi connectivity index (χ3n) is 4.07. The highest BCUT2D eigenvalue weighted by atomic mass is 16.7. The maximum absolute atomic E-state index is 11.7. The number of ether oxygens (including phenoxy) is 3. The minimum absolute atomic E-state index is 0.193. The van der Waals surface area contributed by atoms with Crippen molar-refractivity contribution in [3.05, 3.63) is 90.0 Å². The summed E-state index contributed by atoms with van der Waals surface area (Å²) in [5.74, 6) is -1.65. The standard InChI is InChI=1S/C25H24O6/c1-17(2)24(27)29-15-20-7-12-22(13-8-20)21-10-5-19(6-11-21)9-14-23(26)30-16-31-25(28)18(3)4/h5-14H,1,3,15-16H2,2,4H3/b14-9+. The van der Waals surface area contributed by atoms with Crippen LogP contribution >= 0.6 is 0 Å². The van der Waals surface area contributed by atoms with Gasteiger partial charge < -0.3 is 14.2 Å². The van der Waals surface area contributed by atoms with Crippen LogP contribution in [0, 0.1) is 0 Å². The molecule has 0 fully saturated rings. The van der Waals surface area contributed by atoms with Crippen LogP contribution in [0.2, 0.25) is 0 Å². The molecule has 0 heterocycles. The fraction of sp³-hybridized carbons (Fsp3) is 0.160. The van der Waals surface area contributed by atoms with E-state index >= 15 is 0 Å². The van der Waals surface area contributed by atoms with E-state index in [-0.39, 0.29) is 12.2 Å². The second kappa shape index (κ2) is 11.3. The first-order chi connectivity index (χ1) is 14.8. The van der Waals surface area contributed by atoms with E-state index in [0.717, 1.165) is 22.3 Å². The van der Waals surface area contributed by atoms with Crippen molar-refractivity contribution < 1.29 is 28.6 Å². The molecule has 0 aromatic heterocycles. The molecule has 0 radical (unpaired) electrons. The molecule has 6 heteroatoms. The van der Waals surface area contributed by atoms with Crippen LogP contribution in [0.5, 0.6) is 0 Å². The zero-order valence-electron chi connectivity index (χ0n) is 17.6. The molecular weight excluding hydrogens is 396 g/mol. The van der Waals surface area contributed by atoms with E-state index < -0.39 is 24.7 Å². The molecule has 6 nitrogen and oxygen atoms in total. The predicted octanol–water partition coefficient (Wildman–Crippen LogP) is 4.61. The number of carbonyl (C=O) groups excluding carboxylic acids is 3. The Morgan fingerprint density at radius 3 is 1.84 bits per heavy atom. The highest BCUT2D eigenvalue weighted by Gasteiger charge is 2.05. The van der Waals surface area contributed by atoms with Gasteiger partial charge in [-0.1, -0.05) is 61.7 Å². The Morgan fingerprint density at radius 2 is 1.29 bits per heavy atom. The second-order valence-corrected chi connectivity index (χ2v) is 6.80. The smallest absolute Gasteiger partial charge is 0.335 e. The highest BCUT2D eigenvalue weighted by Crippen LogP contribution is 2.21. The summed E-state index contributed by atoms with van der Waals surface area (Å²) in [5, 5.41) is 0. The molecule has 0 aliphatic rings. The lowest BCUT2D eigenvalue weighted by atomic mass is 10.0. The third kappa shape index (κ3) is 7.78. The molecule has 0 bridgehead atoms. The summed E-state index contributed by atoms with van der Waals surface area (Å²) in [7, 11) is 0. The van der Waals surface area contributed by atoms with Gasteiger partial charge in [0.1, 0.15) is 6.61 Å². The van der Waals surface area contributed by atoms with E-state index in [9.17, 15) is 14.4 Å². The van der Waals surface area contributed by atoms with E-state index in [1.807, 2.05) is 48.5 Å². The summed E-state index contributed by atoms with van der Waals surface area (Å²) in [6.07, 6.45) is 2.86. The summed E-state index contributed by atoms with van der Waals surface area (Å²) >= 11 is 0. The molecule has 0 aliphatic carbocycles. The van der Waals surface area contributed by atoms with Crippen molar-refractivity contribution in [1.82, 2.24) is 0 Å². The van der Waals surface area contributed by atoms with Crippen LogP contribution in [-0.4, -0.2) is 24.7 Å². The summed E-state index contributed by atoms with van der Waals surface area (Å²) in [4.78, 5) is 34.3. The SMILES string of the molecule is C=C(C)C(=O)OCOC(=O)/C=C/c1ccc(-c2ccc(COC(=O)C(=C)C)cc2)cc1. The van der Waals surface area contributed by atoms with Crippen LogP contribution in [0.4, 0.5) is 0 Å². The third-order valence-corrected chi connectivity index (χ3v) is 4.07. The Hall–Kier alpha value is -3.93. The molecule has 0 atom stereocenters.